The van der Waals surface area contributed by atoms with E-state index in [1.165, 1.54) is 33.0 Å². The van der Waals surface area contributed by atoms with Gasteiger partial charge in [-0.3, -0.25) is 9.69 Å². The smallest absolute Gasteiger partial charge is 0.186 e. The maximum atomic E-state index is 12.7. The number of carbonyl (C=O) groups is 1. The minimum Gasteiger partial charge on any atom is -0.289 e. The summed E-state index contributed by atoms with van der Waals surface area (Å²) in [7, 11) is 0. The van der Waals surface area contributed by atoms with Gasteiger partial charge >= 0.3 is 0 Å². The van der Waals surface area contributed by atoms with E-state index in [-0.39, 0.29) is 5.78 Å². The van der Waals surface area contributed by atoms with Crippen LogP contribution >= 0.6 is 0 Å². The van der Waals surface area contributed by atoms with Crippen molar-refractivity contribution in [2.45, 2.75) is 20.8 Å². The van der Waals surface area contributed by atoms with Gasteiger partial charge in [0.2, 0.25) is 0 Å². The summed E-state index contributed by atoms with van der Waals surface area (Å²) in [6, 6.07) is 21.1. The van der Waals surface area contributed by atoms with Crippen LogP contribution in [0.4, 0.5) is 0 Å². The van der Waals surface area contributed by atoms with Crippen LogP contribution in [0.5, 0.6) is 0 Å². The Bertz CT molecular complexity index is 1100. The van der Waals surface area contributed by atoms with Crippen LogP contribution in [0, 0.1) is 5.92 Å². The molecule has 0 fully saturated rings. The molecule has 1 heterocycles. The van der Waals surface area contributed by atoms with Gasteiger partial charge in [-0.05, 0) is 37.3 Å². The van der Waals surface area contributed by atoms with Gasteiger partial charge in [-0.1, -0.05) is 68.5 Å². The second kappa shape index (κ2) is 8.64. The van der Waals surface area contributed by atoms with Gasteiger partial charge in [0.25, 0.3) is 0 Å². The van der Waals surface area contributed by atoms with Crippen molar-refractivity contribution in [2.24, 2.45) is 5.92 Å². The molecule has 1 aliphatic heterocycles. The number of nitrogens with one attached hydrogen (secondary N) is 1. The number of quaternary nitrogens is 1. The van der Waals surface area contributed by atoms with Crippen LogP contribution in [-0.4, -0.2) is 12.3 Å². The van der Waals surface area contributed by atoms with E-state index < -0.39 is 0 Å². The number of ketones is 1. The number of benzene rings is 2. The Labute approximate surface area is 179 Å². The summed E-state index contributed by atoms with van der Waals surface area (Å²) in [6.45, 7) is 7.66. The van der Waals surface area contributed by atoms with E-state index in [0.29, 0.717) is 5.92 Å². The molecule has 2 heteroatoms. The fourth-order valence-corrected chi connectivity index (χ4v) is 4.30. The van der Waals surface area contributed by atoms with Crippen LogP contribution < -0.4 is 4.90 Å². The van der Waals surface area contributed by atoms with Gasteiger partial charge in [-0.25, -0.2) is 0 Å². The Morgan fingerprint density at radius 3 is 2.00 bits per heavy atom. The largest absolute Gasteiger partial charge is 0.289 e. The molecule has 30 heavy (non-hydrogen) atoms. The lowest BCUT2D eigenvalue weighted by Crippen LogP contribution is -3.08. The van der Waals surface area contributed by atoms with Gasteiger partial charge < -0.3 is 0 Å². The maximum absolute atomic E-state index is 12.7. The fourth-order valence-electron chi connectivity index (χ4n) is 4.30. The van der Waals surface area contributed by atoms with E-state index >= 15 is 0 Å². The number of allylic oxidation sites excluding steroid dienone is 8. The first kappa shape index (κ1) is 20.1. The standard InChI is InChI=1S/C28H27NO/c1-20(2)19-29-26(22-12-6-4-7-13-22)18-25(24-16-10-11-17-27(24)30)21(3)28(29)23-14-8-5-9-15-23/h4-18,20H,19H2,1-3H3/p+1. The molecule has 1 atom stereocenters. The summed E-state index contributed by atoms with van der Waals surface area (Å²) in [4.78, 5) is 14.1. The topological polar surface area (TPSA) is 21.5 Å². The average molecular weight is 395 g/mol. The number of rotatable bonds is 4. The minimum absolute atomic E-state index is 0.0650. The lowest BCUT2D eigenvalue weighted by Gasteiger charge is -2.31. The predicted octanol–water partition coefficient (Wildman–Crippen LogP) is 5.00. The van der Waals surface area contributed by atoms with Crippen LogP contribution in [0.25, 0.3) is 11.4 Å². The molecule has 1 unspecified atom stereocenters. The number of hydrogen-bond acceptors (Lipinski definition) is 1. The highest BCUT2D eigenvalue weighted by molar-refractivity contribution is 6.09. The zero-order chi connectivity index (χ0) is 21.1. The highest BCUT2D eigenvalue weighted by atomic mass is 16.1. The van der Waals surface area contributed by atoms with E-state index in [2.05, 4.69) is 81.4 Å². The van der Waals surface area contributed by atoms with Gasteiger partial charge in [0, 0.05) is 39.8 Å². The van der Waals surface area contributed by atoms with E-state index in [9.17, 15) is 4.79 Å². The molecule has 1 N–H and O–H groups in total. The Balaban J connectivity index is 2.00. The monoisotopic (exact) mass is 394 g/mol. The van der Waals surface area contributed by atoms with Gasteiger partial charge in [-0.15, -0.1) is 0 Å². The van der Waals surface area contributed by atoms with Crippen molar-refractivity contribution in [2.75, 3.05) is 6.54 Å². The predicted molar refractivity (Wildman–Crippen MR) is 124 cm³/mol. The SMILES string of the molecule is CC1=C(c2ccccc2)[NH+](CC(C)C)C(c2ccccc2)=CC1=C1C=CC=CC1=O. The summed E-state index contributed by atoms with van der Waals surface area (Å²) < 4.78 is 0. The molecule has 0 spiro atoms. The summed E-state index contributed by atoms with van der Waals surface area (Å²) in [5.41, 5.74) is 7.81. The van der Waals surface area contributed by atoms with Crippen molar-refractivity contribution in [3.05, 3.63) is 119 Å². The van der Waals surface area contributed by atoms with Crippen molar-refractivity contribution in [3.63, 3.8) is 0 Å². The second-order valence-corrected chi connectivity index (χ2v) is 8.28. The van der Waals surface area contributed by atoms with Gasteiger partial charge in [0.15, 0.2) is 5.78 Å². The zero-order valence-corrected chi connectivity index (χ0v) is 17.9. The third kappa shape index (κ3) is 3.92. The Hall–Kier alpha value is -3.23. The lowest BCUT2D eigenvalue weighted by atomic mass is 9.87. The van der Waals surface area contributed by atoms with Crippen LogP contribution in [0.15, 0.2) is 108 Å². The number of carbonyl (C=O) groups excluding carboxylic acids is 1. The maximum Gasteiger partial charge on any atom is 0.186 e. The molecule has 0 saturated carbocycles. The van der Waals surface area contributed by atoms with E-state index in [1.54, 1.807) is 6.08 Å². The highest BCUT2D eigenvalue weighted by Crippen LogP contribution is 2.31. The lowest BCUT2D eigenvalue weighted by molar-refractivity contribution is -0.750. The van der Waals surface area contributed by atoms with Crippen LogP contribution in [-0.2, 0) is 4.79 Å². The zero-order valence-electron chi connectivity index (χ0n) is 17.9. The average Bonchev–Trinajstić information content (AvgIpc) is 2.76. The first-order valence-electron chi connectivity index (χ1n) is 10.6. The molecular formula is C28H28NO+. The molecule has 2 nitrogen and oxygen atoms in total. The normalized spacial score (nSPS) is 21.4. The summed E-state index contributed by atoms with van der Waals surface area (Å²) >= 11 is 0. The summed E-state index contributed by atoms with van der Waals surface area (Å²) in [6.07, 6.45) is 9.58. The minimum atomic E-state index is 0.0650. The molecule has 150 valence electrons. The third-order valence-electron chi connectivity index (χ3n) is 5.63. The molecule has 0 radical (unpaired) electrons. The van der Waals surface area contributed by atoms with Crippen LogP contribution in [0.3, 0.4) is 0 Å². The second-order valence-electron chi connectivity index (χ2n) is 8.28. The molecule has 1 aliphatic carbocycles. The van der Waals surface area contributed by atoms with Gasteiger partial charge in [0.05, 0.1) is 6.54 Å². The third-order valence-corrected chi connectivity index (χ3v) is 5.63. The molecule has 2 aromatic rings. The molecular weight excluding hydrogens is 366 g/mol. The molecule has 0 bridgehead atoms. The van der Waals surface area contributed by atoms with E-state index in [1.807, 2.05) is 24.3 Å². The summed E-state index contributed by atoms with van der Waals surface area (Å²) in [5.74, 6) is 0.585. The molecule has 4 rings (SSSR count). The van der Waals surface area contributed by atoms with Gasteiger partial charge in [0.1, 0.15) is 11.4 Å². The molecule has 0 saturated heterocycles. The molecule has 0 aromatic heterocycles. The quantitative estimate of drug-likeness (QED) is 0.724. The molecule has 2 aliphatic rings. The Morgan fingerprint density at radius 1 is 0.800 bits per heavy atom. The first-order chi connectivity index (χ1) is 14.6. The van der Waals surface area contributed by atoms with Crippen molar-refractivity contribution >= 4 is 17.2 Å². The molecule has 2 aromatic carbocycles. The van der Waals surface area contributed by atoms with E-state index in [4.69, 9.17) is 0 Å². The Morgan fingerprint density at radius 2 is 1.40 bits per heavy atom. The fraction of sp³-hybridized carbons (Fsp3) is 0.179. The summed E-state index contributed by atoms with van der Waals surface area (Å²) in [5, 5.41) is 0. The van der Waals surface area contributed by atoms with Crippen molar-refractivity contribution in [3.8, 4) is 0 Å². The van der Waals surface area contributed by atoms with Crippen molar-refractivity contribution < 1.29 is 9.69 Å². The van der Waals surface area contributed by atoms with Crippen molar-refractivity contribution in [1.29, 1.82) is 0 Å². The van der Waals surface area contributed by atoms with E-state index in [0.717, 1.165) is 17.7 Å². The van der Waals surface area contributed by atoms with Crippen LogP contribution in [0.1, 0.15) is 31.9 Å². The van der Waals surface area contributed by atoms with Gasteiger partial charge in [-0.2, -0.15) is 0 Å². The Kier molecular flexibility index (Phi) is 5.78. The van der Waals surface area contributed by atoms with Crippen LogP contribution in [0.2, 0.25) is 0 Å². The molecule has 0 amide bonds. The van der Waals surface area contributed by atoms with Crippen molar-refractivity contribution in [1.82, 2.24) is 0 Å². The highest BCUT2D eigenvalue weighted by Gasteiger charge is 2.33. The first-order valence-corrected chi connectivity index (χ1v) is 10.6. The number of hydrogen-bond donors (Lipinski definition) is 1.